The third kappa shape index (κ3) is 2.38. The summed E-state index contributed by atoms with van der Waals surface area (Å²) in [5.41, 5.74) is -5.85. The first-order chi connectivity index (χ1) is 11.5. The minimum atomic E-state index is -5.76. The van der Waals surface area contributed by atoms with Crippen LogP contribution in [0.2, 0.25) is 0 Å². The van der Waals surface area contributed by atoms with Gasteiger partial charge in [-0.25, -0.2) is 4.68 Å². The van der Waals surface area contributed by atoms with Crippen LogP contribution in [0.15, 0.2) is 35.3 Å². The van der Waals surface area contributed by atoms with Gasteiger partial charge in [-0.15, -0.1) is 0 Å². The fourth-order valence-corrected chi connectivity index (χ4v) is 2.78. The van der Waals surface area contributed by atoms with E-state index in [4.69, 9.17) is 0 Å². The number of aryl methyl sites for hydroxylation is 1. The maximum atomic E-state index is 13.6. The molecule has 0 unspecified atom stereocenters. The van der Waals surface area contributed by atoms with E-state index in [-0.39, 0.29) is 5.69 Å². The molecular formula is C15H11F6N3O. The smallest absolute Gasteiger partial charge is 0.442 e. The fourth-order valence-electron chi connectivity index (χ4n) is 2.78. The van der Waals surface area contributed by atoms with Crippen LogP contribution in [0.1, 0.15) is 18.2 Å². The van der Waals surface area contributed by atoms with Crippen molar-refractivity contribution >= 4 is 11.7 Å². The number of halogens is 6. The molecule has 4 nitrogen and oxygen atoms in total. The van der Waals surface area contributed by atoms with Crippen molar-refractivity contribution in [1.29, 1.82) is 0 Å². The van der Waals surface area contributed by atoms with Crippen LogP contribution in [-0.2, 0) is 10.3 Å². The molecule has 134 valence electrons. The first kappa shape index (κ1) is 17.3. The zero-order valence-electron chi connectivity index (χ0n) is 12.9. The molecule has 0 atom stereocenters. The van der Waals surface area contributed by atoms with Gasteiger partial charge >= 0.3 is 18.0 Å². The van der Waals surface area contributed by atoms with E-state index in [1.54, 1.807) is 18.2 Å². The second-order valence-corrected chi connectivity index (χ2v) is 5.44. The molecule has 1 aliphatic heterocycles. The third-order valence-corrected chi connectivity index (χ3v) is 3.75. The van der Waals surface area contributed by atoms with E-state index in [1.165, 1.54) is 12.1 Å². The molecule has 0 aliphatic carbocycles. The predicted molar refractivity (Wildman–Crippen MR) is 75.9 cm³/mol. The van der Waals surface area contributed by atoms with E-state index in [1.807, 2.05) is 0 Å². The molecule has 2 heterocycles. The SMILES string of the molecule is CC1=Nc2c(c(C)nn2-c2ccccc2)C(C(F)(F)F)(C(F)(F)F)O1. The number of para-hydroxylation sites is 1. The van der Waals surface area contributed by atoms with Gasteiger partial charge in [-0.1, -0.05) is 18.2 Å². The maximum Gasteiger partial charge on any atom is 0.442 e. The predicted octanol–water partition coefficient (Wildman–Crippen LogP) is 4.58. The normalized spacial score (nSPS) is 16.9. The van der Waals surface area contributed by atoms with Crippen molar-refractivity contribution in [3.63, 3.8) is 0 Å². The van der Waals surface area contributed by atoms with Crippen LogP contribution < -0.4 is 0 Å². The lowest BCUT2D eigenvalue weighted by Gasteiger charge is -2.39. The Morgan fingerprint density at radius 1 is 0.960 bits per heavy atom. The maximum absolute atomic E-state index is 13.6. The summed E-state index contributed by atoms with van der Waals surface area (Å²) in [4.78, 5) is 3.76. The molecule has 1 aliphatic rings. The van der Waals surface area contributed by atoms with Gasteiger partial charge in [0, 0.05) is 6.92 Å². The molecule has 0 radical (unpaired) electrons. The highest BCUT2D eigenvalue weighted by Gasteiger charge is 2.77. The van der Waals surface area contributed by atoms with E-state index >= 15 is 0 Å². The highest BCUT2D eigenvalue weighted by molar-refractivity contribution is 5.81. The van der Waals surface area contributed by atoms with Gasteiger partial charge in [-0.05, 0) is 19.1 Å². The molecule has 2 aromatic rings. The van der Waals surface area contributed by atoms with Crippen LogP contribution in [0.3, 0.4) is 0 Å². The number of aliphatic imine (C=N–C) groups is 1. The van der Waals surface area contributed by atoms with Crippen molar-refractivity contribution in [3.05, 3.63) is 41.6 Å². The Morgan fingerprint density at radius 2 is 1.52 bits per heavy atom. The van der Waals surface area contributed by atoms with E-state index < -0.39 is 40.9 Å². The number of fused-ring (bicyclic) bond motifs is 1. The summed E-state index contributed by atoms with van der Waals surface area (Å²) >= 11 is 0. The van der Waals surface area contributed by atoms with Crippen LogP contribution in [0.4, 0.5) is 32.2 Å². The lowest BCUT2D eigenvalue weighted by molar-refractivity contribution is -0.370. The molecule has 3 rings (SSSR count). The third-order valence-electron chi connectivity index (χ3n) is 3.75. The summed E-state index contributed by atoms with van der Waals surface area (Å²) in [6.07, 6.45) is -11.5. The Labute approximate surface area is 137 Å². The van der Waals surface area contributed by atoms with Gasteiger partial charge in [0.2, 0.25) is 0 Å². The number of rotatable bonds is 1. The van der Waals surface area contributed by atoms with Crippen molar-refractivity contribution in [2.75, 3.05) is 0 Å². The van der Waals surface area contributed by atoms with Crippen molar-refractivity contribution in [2.24, 2.45) is 4.99 Å². The van der Waals surface area contributed by atoms with Gasteiger partial charge in [-0.3, -0.25) is 0 Å². The molecule has 0 saturated carbocycles. The number of ether oxygens (including phenoxy) is 1. The van der Waals surface area contributed by atoms with Crippen LogP contribution in [0.5, 0.6) is 0 Å². The number of aromatic nitrogens is 2. The Hall–Kier alpha value is -2.52. The van der Waals surface area contributed by atoms with Crippen LogP contribution in [0, 0.1) is 6.92 Å². The van der Waals surface area contributed by atoms with Gasteiger partial charge in [0.1, 0.15) is 0 Å². The van der Waals surface area contributed by atoms with E-state index in [2.05, 4.69) is 14.8 Å². The summed E-state index contributed by atoms with van der Waals surface area (Å²) in [5, 5.41) is 3.85. The summed E-state index contributed by atoms with van der Waals surface area (Å²) in [6.45, 7) is 2.00. The zero-order chi connectivity index (χ0) is 18.6. The quantitative estimate of drug-likeness (QED) is 0.696. The highest BCUT2D eigenvalue weighted by Crippen LogP contribution is 2.57. The van der Waals surface area contributed by atoms with Crippen molar-refractivity contribution < 1.29 is 31.1 Å². The number of hydrogen-bond donors (Lipinski definition) is 0. The minimum Gasteiger partial charge on any atom is -0.451 e. The molecule has 0 N–H and O–H groups in total. The fraction of sp³-hybridized carbons (Fsp3) is 0.333. The first-order valence-electron chi connectivity index (χ1n) is 7.02. The minimum absolute atomic E-state index is 0.281. The molecular weight excluding hydrogens is 352 g/mol. The summed E-state index contributed by atoms with van der Waals surface area (Å²) in [7, 11) is 0. The molecule has 1 aromatic carbocycles. The van der Waals surface area contributed by atoms with Crippen LogP contribution >= 0.6 is 0 Å². The van der Waals surface area contributed by atoms with Gasteiger partial charge in [0.25, 0.3) is 0 Å². The molecule has 25 heavy (non-hydrogen) atoms. The van der Waals surface area contributed by atoms with E-state index in [0.29, 0.717) is 0 Å². The Bertz CT molecular complexity index is 821. The molecule has 1 aromatic heterocycles. The van der Waals surface area contributed by atoms with Crippen LogP contribution in [-0.4, -0.2) is 28.0 Å². The van der Waals surface area contributed by atoms with Gasteiger partial charge < -0.3 is 4.74 Å². The Balaban J connectivity index is 2.39. The molecule has 0 amide bonds. The van der Waals surface area contributed by atoms with Gasteiger partial charge in [0.15, 0.2) is 11.7 Å². The molecule has 0 bridgehead atoms. The Kier molecular flexibility index (Phi) is 3.63. The monoisotopic (exact) mass is 363 g/mol. The Morgan fingerprint density at radius 3 is 2.04 bits per heavy atom. The zero-order valence-corrected chi connectivity index (χ0v) is 12.9. The molecule has 0 saturated heterocycles. The van der Waals surface area contributed by atoms with Crippen molar-refractivity contribution in [2.45, 2.75) is 31.8 Å². The average Bonchev–Trinajstić information content (AvgIpc) is 2.82. The second-order valence-electron chi connectivity index (χ2n) is 5.44. The van der Waals surface area contributed by atoms with Gasteiger partial charge in [0.05, 0.1) is 16.9 Å². The lowest BCUT2D eigenvalue weighted by atomic mass is 9.90. The largest absolute Gasteiger partial charge is 0.451 e. The first-order valence-corrected chi connectivity index (χ1v) is 7.02. The molecule has 0 spiro atoms. The summed E-state index contributed by atoms with van der Waals surface area (Å²) in [5.74, 6) is -1.30. The van der Waals surface area contributed by atoms with E-state index in [0.717, 1.165) is 18.5 Å². The lowest BCUT2D eigenvalue weighted by Crippen LogP contribution is -2.57. The number of benzene rings is 1. The molecule has 0 fully saturated rings. The number of alkyl halides is 6. The van der Waals surface area contributed by atoms with Crippen molar-refractivity contribution in [1.82, 2.24) is 9.78 Å². The number of hydrogen-bond acceptors (Lipinski definition) is 3. The summed E-state index contributed by atoms with van der Waals surface area (Å²) in [6, 6.07) is 7.80. The summed E-state index contributed by atoms with van der Waals surface area (Å²) < 4.78 is 86.8. The number of nitrogens with zero attached hydrogens (tertiary/aromatic N) is 3. The second kappa shape index (κ2) is 5.24. The highest BCUT2D eigenvalue weighted by atomic mass is 19.4. The van der Waals surface area contributed by atoms with Crippen LogP contribution in [0.25, 0.3) is 5.69 Å². The van der Waals surface area contributed by atoms with Gasteiger partial charge in [-0.2, -0.15) is 36.4 Å². The average molecular weight is 363 g/mol. The molecule has 10 heteroatoms. The van der Waals surface area contributed by atoms with E-state index in [9.17, 15) is 26.3 Å². The van der Waals surface area contributed by atoms with Crippen molar-refractivity contribution in [3.8, 4) is 5.69 Å². The topological polar surface area (TPSA) is 39.4 Å². The standard InChI is InChI=1S/C15H11F6N3O/c1-8-11-12(24(23-8)10-6-4-3-5-7-10)22-9(2)25-13(11,14(16,17)18)15(19,20)21/h3-7H,1-2H3.